The van der Waals surface area contributed by atoms with Crippen molar-refractivity contribution < 1.29 is 27.5 Å². The van der Waals surface area contributed by atoms with Crippen molar-refractivity contribution in [3.63, 3.8) is 0 Å². The third-order valence-electron chi connectivity index (χ3n) is 6.68. The average Bonchev–Trinajstić information content (AvgIpc) is 2.97. The second-order valence-electron chi connectivity index (χ2n) is 9.81. The molecule has 226 valence electrons. The fraction of sp³-hybridized carbons (Fsp3) is 0.355. The minimum Gasteiger partial charge on any atom is -0.497 e. The van der Waals surface area contributed by atoms with Gasteiger partial charge in [-0.25, -0.2) is 8.42 Å². The number of amides is 2. The number of hydrogen-bond donors (Lipinski definition) is 1. The Bertz CT molecular complexity index is 1450. The van der Waals surface area contributed by atoms with Crippen molar-refractivity contribution in [2.45, 2.75) is 38.8 Å². The van der Waals surface area contributed by atoms with Crippen LogP contribution in [0.3, 0.4) is 0 Å². The number of hydrogen-bond acceptors (Lipinski definition) is 6. The van der Waals surface area contributed by atoms with Gasteiger partial charge in [-0.3, -0.25) is 13.9 Å². The van der Waals surface area contributed by atoms with Crippen molar-refractivity contribution in [1.29, 1.82) is 0 Å². The van der Waals surface area contributed by atoms with Crippen molar-refractivity contribution in [3.8, 4) is 11.5 Å². The van der Waals surface area contributed by atoms with Gasteiger partial charge in [0.05, 0.1) is 26.2 Å². The van der Waals surface area contributed by atoms with E-state index < -0.39 is 28.5 Å². The Kier molecular flexibility index (Phi) is 12.1. The number of anilines is 1. The van der Waals surface area contributed by atoms with E-state index in [9.17, 15) is 18.0 Å². The number of ether oxygens (including phenoxy) is 2. The number of nitrogens with zero attached hydrogens (tertiary/aromatic N) is 2. The normalized spacial score (nSPS) is 11.8. The highest BCUT2D eigenvalue weighted by Gasteiger charge is 2.33. The summed E-state index contributed by atoms with van der Waals surface area (Å²) in [5, 5.41) is 3.24. The van der Waals surface area contributed by atoms with Gasteiger partial charge in [0.1, 0.15) is 24.1 Å². The summed E-state index contributed by atoms with van der Waals surface area (Å²) in [4.78, 5) is 29.3. The topological polar surface area (TPSA) is 105 Å². The van der Waals surface area contributed by atoms with E-state index in [0.717, 1.165) is 29.0 Å². The van der Waals surface area contributed by atoms with Crippen LogP contribution in [-0.2, 0) is 32.6 Å². The van der Waals surface area contributed by atoms with E-state index in [1.54, 1.807) is 31.4 Å². The van der Waals surface area contributed by atoms with Crippen molar-refractivity contribution in [2.24, 2.45) is 0 Å². The molecule has 0 bridgehead atoms. The molecule has 0 aliphatic carbocycles. The zero-order chi connectivity index (χ0) is 30.7. The Hall–Kier alpha value is -3.76. The maximum Gasteiger partial charge on any atom is 0.244 e. The first-order chi connectivity index (χ1) is 20.1. The van der Waals surface area contributed by atoms with Gasteiger partial charge in [-0.05, 0) is 47.9 Å². The molecular formula is C31H38ClN3O6S. The van der Waals surface area contributed by atoms with Crippen LogP contribution in [0.1, 0.15) is 30.9 Å². The third kappa shape index (κ3) is 9.12. The molecule has 1 unspecified atom stereocenters. The number of benzene rings is 3. The lowest BCUT2D eigenvalue weighted by Crippen LogP contribution is -2.53. The van der Waals surface area contributed by atoms with Crippen molar-refractivity contribution in [1.82, 2.24) is 10.2 Å². The number of nitrogens with one attached hydrogen (secondary N) is 1. The molecule has 0 aliphatic heterocycles. The smallest absolute Gasteiger partial charge is 0.244 e. The molecule has 0 saturated heterocycles. The van der Waals surface area contributed by atoms with E-state index in [1.807, 2.05) is 43.3 Å². The van der Waals surface area contributed by atoms with Crippen LogP contribution in [0.2, 0.25) is 5.02 Å². The summed E-state index contributed by atoms with van der Waals surface area (Å²) in [6.45, 7) is 1.94. The number of methoxy groups -OCH3 is 2. The molecule has 9 nitrogen and oxygen atoms in total. The molecule has 11 heteroatoms. The maximum absolute atomic E-state index is 14.2. The second kappa shape index (κ2) is 15.5. The molecule has 3 aromatic rings. The first-order valence-corrected chi connectivity index (χ1v) is 15.8. The zero-order valence-electron chi connectivity index (χ0n) is 24.4. The summed E-state index contributed by atoms with van der Waals surface area (Å²) in [6.07, 6.45) is 2.91. The quantitative estimate of drug-likeness (QED) is 0.249. The average molecular weight is 616 g/mol. The lowest BCUT2D eigenvalue weighted by molar-refractivity contribution is -0.140. The Labute approximate surface area is 253 Å². The standard InChI is InChI=1S/C31H38ClN3O6S/c1-5-6-17-33-31(37)28(19-23-11-8-7-9-12-23)34(21-24-13-10-14-26(18-24)40-2)30(36)22-35(42(4,38)39)27-20-25(32)15-16-29(27)41-3/h7-16,18,20,28H,5-6,17,19,21-22H2,1-4H3,(H,33,37). The molecule has 0 aliphatic rings. The lowest BCUT2D eigenvalue weighted by atomic mass is 10.0. The zero-order valence-corrected chi connectivity index (χ0v) is 26.0. The third-order valence-corrected chi connectivity index (χ3v) is 8.04. The van der Waals surface area contributed by atoms with Gasteiger partial charge in [0.15, 0.2) is 0 Å². The summed E-state index contributed by atoms with van der Waals surface area (Å²) in [5.74, 6) is -0.0740. The van der Waals surface area contributed by atoms with Crippen LogP contribution in [0, 0.1) is 0 Å². The van der Waals surface area contributed by atoms with Crippen LogP contribution in [0.5, 0.6) is 11.5 Å². The summed E-state index contributed by atoms with van der Waals surface area (Å²) in [7, 11) is -1.03. The minimum absolute atomic E-state index is 0.0407. The fourth-order valence-electron chi connectivity index (χ4n) is 4.48. The largest absolute Gasteiger partial charge is 0.497 e. The van der Waals surface area contributed by atoms with Crippen LogP contribution >= 0.6 is 11.6 Å². The Balaban J connectivity index is 2.09. The van der Waals surface area contributed by atoms with Gasteiger partial charge in [-0.1, -0.05) is 67.4 Å². The maximum atomic E-state index is 14.2. The number of sulfonamides is 1. The first kappa shape index (κ1) is 32.8. The van der Waals surface area contributed by atoms with Gasteiger partial charge in [-0.2, -0.15) is 0 Å². The number of carbonyl (C=O) groups is 2. The Morgan fingerprint density at radius 1 is 0.952 bits per heavy atom. The predicted molar refractivity (Wildman–Crippen MR) is 166 cm³/mol. The number of carbonyl (C=O) groups excluding carboxylic acids is 2. The molecule has 0 spiro atoms. The summed E-state index contributed by atoms with van der Waals surface area (Å²) in [6, 6.07) is 20.2. The highest BCUT2D eigenvalue weighted by atomic mass is 35.5. The monoisotopic (exact) mass is 615 g/mol. The van der Waals surface area contributed by atoms with Gasteiger partial charge >= 0.3 is 0 Å². The Morgan fingerprint density at radius 3 is 2.31 bits per heavy atom. The molecule has 1 atom stereocenters. The fourth-order valence-corrected chi connectivity index (χ4v) is 5.49. The van der Waals surface area contributed by atoms with Crippen molar-refractivity contribution in [3.05, 3.63) is 88.9 Å². The molecule has 42 heavy (non-hydrogen) atoms. The molecule has 0 heterocycles. The number of unbranched alkanes of at least 4 members (excludes halogenated alkanes) is 1. The minimum atomic E-state index is -3.98. The number of halogens is 1. The van der Waals surface area contributed by atoms with Gasteiger partial charge in [0.2, 0.25) is 21.8 Å². The lowest BCUT2D eigenvalue weighted by Gasteiger charge is -2.33. The molecule has 2 amide bonds. The van der Waals surface area contributed by atoms with E-state index in [0.29, 0.717) is 17.9 Å². The molecule has 0 aromatic heterocycles. The van der Waals surface area contributed by atoms with Crippen molar-refractivity contribution >= 4 is 39.1 Å². The van der Waals surface area contributed by atoms with E-state index in [1.165, 1.54) is 24.1 Å². The summed E-state index contributed by atoms with van der Waals surface area (Å²) in [5.41, 5.74) is 1.69. The SMILES string of the molecule is CCCCNC(=O)C(Cc1ccccc1)N(Cc1cccc(OC)c1)C(=O)CN(c1cc(Cl)ccc1OC)S(C)(=O)=O. The van der Waals surface area contributed by atoms with Crippen LogP contribution in [0.4, 0.5) is 5.69 Å². The van der Waals surface area contributed by atoms with Gasteiger partial charge in [0.25, 0.3) is 0 Å². The summed E-state index contributed by atoms with van der Waals surface area (Å²) >= 11 is 6.21. The van der Waals surface area contributed by atoms with E-state index >= 15 is 0 Å². The molecule has 0 saturated carbocycles. The highest BCUT2D eigenvalue weighted by Crippen LogP contribution is 2.33. The first-order valence-electron chi connectivity index (χ1n) is 13.6. The molecule has 3 rings (SSSR count). The van der Waals surface area contributed by atoms with E-state index in [-0.39, 0.29) is 35.3 Å². The summed E-state index contributed by atoms with van der Waals surface area (Å²) < 4.78 is 37.8. The van der Waals surface area contributed by atoms with Gasteiger partial charge in [0, 0.05) is 24.5 Å². The highest BCUT2D eigenvalue weighted by molar-refractivity contribution is 7.92. The predicted octanol–water partition coefficient (Wildman–Crippen LogP) is 4.68. The molecular weight excluding hydrogens is 578 g/mol. The molecule has 0 fully saturated rings. The van der Waals surface area contributed by atoms with E-state index in [4.69, 9.17) is 21.1 Å². The second-order valence-corrected chi connectivity index (χ2v) is 12.2. The van der Waals surface area contributed by atoms with Crippen LogP contribution < -0.4 is 19.1 Å². The molecule has 3 aromatic carbocycles. The van der Waals surface area contributed by atoms with Crippen LogP contribution in [-0.4, -0.2) is 64.7 Å². The molecule has 0 radical (unpaired) electrons. The van der Waals surface area contributed by atoms with Gasteiger partial charge < -0.3 is 19.7 Å². The van der Waals surface area contributed by atoms with Crippen molar-refractivity contribution in [2.75, 3.05) is 37.9 Å². The van der Waals surface area contributed by atoms with Crippen LogP contribution in [0.25, 0.3) is 0 Å². The number of rotatable bonds is 15. The molecule has 1 N–H and O–H groups in total. The van der Waals surface area contributed by atoms with E-state index in [2.05, 4.69) is 5.32 Å². The van der Waals surface area contributed by atoms with Crippen LogP contribution in [0.15, 0.2) is 72.8 Å². The Morgan fingerprint density at radius 2 is 1.67 bits per heavy atom. The van der Waals surface area contributed by atoms with Gasteiger partial charge in [-0.15, -0.1) is 0 Å².